The molecule has 1 aliphatic carbocycles. The third-order valence-corrected chi connectivity index (χ3v) is 7.56. The minimum Gasteiger partial charge on any atom is -0.247 e. The number of hydrogen-bond donors (Lipinski definition) is 0. The largest absolute Gasteiger partial charge is 0.247 e. The van der Waals surface area contributed by atoms with Crippen LogP contribution in [0.5, 0.6) is 0 Å². The Bertz CT molecular complexity index is 1350. The standard InChI is InChI=1S/C31H35N/c1-29(2,3)24-19-21(18-20-12-8-9-13-22(20)24)28-27-26(23-14-10-11-15-25(23)32-28)30(4,5)16-17-31(27,6)7/h8-15,18-19H,16-17H2,1-7H3. The Morgan fingerprint density at radius 2 is 1.31 bits per heavy atom. The summed E-state index contributed by atoms with van der Waals surface area (Å²) in [5.74, 6) is 0. The number of hydrogen-bond acceptors (Lipinski definition) is 1. The Morgan fingerprint density at radius 1 is 0.719 bits per heavy atom. The highest BCUT2D eigenvalue weighted by molar-refractivity contribution is 5.94. The maximum absolute atomic E-state index is 5.35. The van der Waals surface area contributed by atoms with Crippen molar-refractivity contribution in [2.75, 3.05) is 0 Å². The summed E-state index contributed by atoms with van der Waals surface area (Å²) in [6.07, 6.45) is 2.38. The number of para-hydroxylation sites is 1. The van der Waals surface area contributed by atoms with E-state index in [0.717, 1.165) is 5.52 Å². The molecule has 0 amide bonds. The lowest BCUT2D eigenvalue weighted by molar-refractivity contribution is 0.334. The molecule has 1 nitrogen and oxygen atoms in total. The highest BCUT2D eigenvalue weighted by Gasteiger charge is 2.41. The molecule has 5 rings (SSSR count). The molecule has 1 aliphatic rings. The molecule has 164 valence electrons. The quantitative estimate of drug-likeness (QED) is 0.299. The molecule has 0 aliphatic heterocycles. The molecule has 0 saturated carbocycles. The Morgan fingerprint density at radius 3 is 2.00 bits per heavy atom. The molecule has 0 saturated heterocycles. The summed E-state index contributed by atoms with van der Waals surface area (Å²) in [7, 11) is 0. The molecule has 0 bridgehead atoms. The van der Waals surface area contributed by atoms with Gasteiger partial charge < -0.3 is 0 Å². The number of benzene rings is 3. The van der Waals surface area contributed by atoms with Crippen molar-refractivity contribution in [3.8, 4) is 11.3 Å². The van der Waals surface area contributed by atoms with Crippen LogP contribution in [0.3, 0.4) is 0 Å². The molecule has 0 N–H and O–H groups in total. The van der Waals surface area contributed by atoms with E-state index < -0.39 is 0 Å². The highest BCUT2D eigenvalue weighted by Crippen LogP contribution is 2.51. The van der Waals surface area contributed by atoms with Gasteiger partial charge in [0.2, 0.25) is 0 Å². The molecule has 0 radical (unpaired) electrons. The maximum atomic E-state index is 5.35. The molecule has 3 aromatic carbocycles. The lowest BCUT2D eigenvalue weighted by Crippen LogP contribution is -2.35. The summed E-state index contributed by atoms with van der Waals surface area (Å²) < 4.78 is 0. The number of fused-ring (bicyclic) bond motifs is 4. The maximum Gasteiger partial charge on any atom is 0.0750 e. The molecule has 0 spiro atoms. The Labute approximate surface area is 192 Å². The first-order valence-corrected chi connectivity index (χ1v) is 12.0. The van der Waals surface area contributed by atoms with Crippen molar-refractivity contribution in [2.24, 2.45) is 0 Å². The molecule has 1 heterocycles. The fourth-order valence-electron chi connectivity index (χ4n) is 5.73. The average molecular weight is 422 g/mol. The monoisotopic (exact) mass is 421 g/mol. The van der Waals surface area contributed by atoms with Gasteiger partial charge in [0.05, 0.1) is 11.2 Å². The van der Waals surface area contributed by atoms with Crippen LogP contribution in [0.25, 0.3) is 32.9 Å². The van der Waals surface area contributed by atoms with E-state index in [4.69, 9.17) is 4.98 Å². The van der Waals surface area contributed by atoms with Crippen LogP contribution in [0.2, 0.25) is 0 Å². The highest BCUT2D eigenvalue weighted by atomic mass is 14.7. The van der Waals surface area contributed by atoms with E-state index in [1.165, 1.54) is 56.9 Å². The lowest BCUT2D eigenvalue weighted by Gasteiger charge is -2.43. The van der Waals surface area contributed by atoms with Crippen LogP contribution in [-0.2, 0) is 16.2 Å². The second kappa shape index (κ2) is 6.91. The number of nitrogens with zero attached hydrogens (tertiary/aromatic N) is 1. The van der Waals surface area contributed by atoms with Gasteiger partial charge in [-0.15, -0.1) is 0 Å². The van der Waals surface area contributed by atoms with E-state index in [-0.39, 0.29) is 16.2 Å². The van der Waals surface area contributed by atoms with E-state index in [1.807, 2.05) is 0 Å². The molecule has 0 unspecified atom stereocenters. The van der Waals surface area contributed by atoms with Gasteiger partial charge in [-0.1, -0.05) is 90.9 Å². The van der Waals surface area contributed by atoms with Gasteiger partial charge in [0.15, 0.2) is 0 Å². The summed E-state index contributed by atoms with van der Waals surface area (Å²) in [4.78, 5) is 5.35. The van der Waals surface area contributed by atoms with Crippen LogP contribution >= 0.6 is 0 Å². The second-order valence-corrected chi connectivity index (χ2v) is 12.0. The fraction of sp³-hybridized carbons (Fsp3) is 0.387. The van der Waals surface area contributed by atoms with E-state index in [1.54, 1.807) is 0 Å². The lowest BCUT2D eigenvalue weighted by atomic mass is 9.61. The Balaban J connectivity index is 1.94. The van der Waals surface area contributed by atoms with Crippen molar-refractivity contribution < 1.29 is 0 Å². The topological polar surface area (TPSA) is 12.9 Å². The van der Waals surface area contributed by atoms with E-state index in [2.05, 4.69) is 109 Å². The summed E-state index contributed by atoms with van der Waals surface area (Å²) in [5, 5.41) is 3.96. The van der Waals surface area contributed by atoms with Gasteiger partial charge in [-0.05, 0) is 74.7 Å². The van der Waals surface area contributed by atoms with Crippen molar-refractivity contribution in [2.45, 2.75) is 77.6 Å². The van der Waals surface area contributed by atoms with Gasteiger partial charge in [-0.2, -0.15) is 0 Å². The van der Waals surface area contributed by atoms with Crippen molar-refractivity contribution in [3.63, 3.8) is 0 Å². The van der Waals surface area contributed by atoms with Crippen LogP contribution in [0.4, 0.5) is 0 Å². The molecular formula is C31H35N. The van der Waals surface area contributed by atoms with Crippen LogP contribution < -0.4 is 0 Å². The summed E-state index contributed by atoms with van der Waals surface area (Å²) in [6, 6.07) is 22.3. The summed E-state index contributed by atoms with van der Waals surface area (Å²) in [6.45, 7) is 16.6. The third-order valence-electron chi connectivity index (χ3n) is 7.56. The average Bonchev–Trinajstić information content (AvgIpc) is 2.74. The van der Waals surface area contributed by atoms with Crippen molar-refractivity contribution >= 4 is 21.7 Å². The Kier molecular flexibility index (Phi) is 4.58. The number of pyridine rings is 1. The third kappa shape index (κ3) is 3.25. The van der Waals surface area contributed by atoms with Gasteiger partial charge >= 0.3 is 0 Å². The molecule has 0 atom stereocenters. The minimum atomic E-state index is 0.0569. The zero-order valence-corrected chi connectivity index (χ0v) is 20.6. The van der Waals surface area contributed by atoms with E-state index >= 15 is 0 Å². The van der Waals surface area contributed by atoms with Crippen LogP contribution in [0, 0.1) is 0 Å². The van der Waals surface area contributed by atoms with E-state index in [9.17, 15) is 0 Å². The predicted octanol–water partition coefficient (Wildman–Crippen LogP) is 8.70. The first kappa shape index (κ1) is 21.2. The first-order chi connectivity index (χ1) is 15.0. The molecule has 4 aromatic rings. The summed E-state index contributed by atoms with van der Waals surface area (Å²) in [5.41, 5.74) is 8.15. The molecule has 32 heavy (non-hydrogen) atoms. The first-order valence-electron chi connectivity index (χ1n) is 12.0. The van der Waals surface area contributed by atoms with Crippen molar-refractivity contribution in [1.29, 1.82) is 0 Å². The molecular weight excluding hydrogens is 386 g/mol. The molecule has 1 aromatic heterocycles. The van der Waals surface area contributed by atoms with Crippen molar-refractivity contribution in [1.82, 2.24) is 4.98 Å². The zero-order valence-electron chi connectivity index (χ0n) is 20.6. The second-order valence-electron chi connectivity index (χ2n) is 12.0. The van der Waals surface area contributed by atoms with Gasteiger partial charge in [0.1, 0.15) is 0 Å². The van der Waals surface area contributed by atoms with Crippen LogP contribution in [0.1, 0.15) is 78.0 Å². The van der Waals surface area contributed by atoms with E-state index in [0.29, 0.717) is 0 Å². The summed E-state index contributed by atoms with van der Waals surface area (Å²) >= 11 is 0. The molecule has 1 heteroatoms. The zero-order chi connectivity index (χ0) is 22.9. The van der Waals surface area contributed by atoms with Crippen molar-refractivity contribution in [3.05, 3.63) is 77.4 Å². The smallest absolute Gasteiger partial charge is 0.0750 e. The van der Waals surface area contributed by atoms with Gasteiger partial charge in [0, 0.05) is 10.9 Å². The minimum absolute atomic E-state index is 0.0569. The Hall–Kier alpha value is -2.67. The number of rotatable bonds is 1. The normalized spacial score (nSPS) is 17.5. The predicted molar refractivity (Wildman–Crippen MR) is 139 cm³/mol. The molecule has 0 fully saturated rings. The van der Waals surface area contributed by atoms with Gasteiger partial charge in [-0.3, -0.25) is 0 Å². The van der Waals surface area contributed by atoms with Gasteiger partial charge in [0.25, 0.3) is 0 Å². The number of aromatic nitrogens is 1. The SMILES string of the molecule is CC(C)(C)c1cc(-c2nc3ccccc3c3c2C(C)(C)CCC3(C)C)cc2ccccc12. The van der Waals surface area contributed by atoms with Crippen LogP contribution in [-0.4, -0.2) is 4.98 Å². The van der Waals surface area contributed by atoms with Crippen LogP contribution in [0.15, 0.2) is 60.7 Å². The fourth-order valence-corrected chi connectivity index (χ4v) is 5.73. The van der Waals surface area contributed by atoms with Gasteiger partial charge in [-0.25, -0.2) is 4.98 Å².